The highest BCUT2D eigenvalue weighted by Crippen LogP contribution is 2.13. The van der Waals surface area contributed by atoms with E-state index in [-0.39, 0.29) is 0 Å². The number of nitrogens with two attached hydrogens (primary N) is 1. The second kappa shape index (κ2) is 4.45. The molecule has 1 fully saturated rings. The van der Waals surface area contributed by atoms with E-state index >= 15 is 0 Å². The van der Waals surface area contributed by atoms with Gasteiger partial charge in [0.1, 0.15) is 0 Å². The van der Waals surface area contributed by atoms with Crippen molar-refractivity contribution < 1.29 is 33.0 Å². The first-order valence-corrected chi connectivity index (χ1v) is 3.63. The fourth-order valence-corrected chi connectivity index (χ4v) is 0.536. The number of halogens is 3. The minimum atomic E-state index is -5.08. The fraction of sp³-hybridized carbons (Fsp3) is 0.667. The van der Waals surface area contributed by atoms with Gasteiger partial charge in [0.05, 0.1) is 0 Å². The summed E-state index contributed by atoms with van der Waals surface area (Å²) in [5, 5.41) is 18.8. The Morgan fingerprint density at radius 2 is 1.67 bits per heavy atom. The molecule has 0 atom stereocenters. The van der Waals surface area contributed by atoms with Crippen LogP contribution in [-0.4, -0.2) is 47.0 Å². The third-order valence-corrected chi connectivity index (χ3v) is 1.54. The molecule has 0 aliphatic carbocycles. The molecule has 0 spiro atoms. The summed E-state index contributed by atoms with van der Waals surface area (Å²) in [7, 11) is 0. The number of β-amino-alcohol motifs (C(OH)–C–C–N with tert-alkyl or cyclic N) is 1. The van der Waals surface area contributed by atoms with Crippen LogP contribution in [0.25, 0.3) is 0 Å². The lowest BCUT2D eigenvalue weighted by Gasteiger charge is -2.33. The third kappa shape index (κ3) is 4.13. The Hall–Kier alpha value is -1.35. The smallest absolute Gasteiger partial charge is 0.475 e. The van der Waals surface area contributed by atoms with E-state index in [1.807, 2.05) is 0 Å². The lowest BCUT2D eigenvalue weighted by Crippen LogP contribution is -2.66. The number of carbonyl (C=O) groups excluding carboxylic acids is 1. The molecule has 6 nitrogen and oxygen atoms in total. The lowest BCUT2D eigenvalue weighted by atomic mass is 9.97. The Labute approximate surface area is 81.9 Å². The number of carboxylic acid groups (broad SMARTS) is 1. The molecule has 1 rings (SSSR count). The number of primary amides is 1. The quantitative estimate of drug-likeness (QED) is 0.435. The van der Waals surface area contributed by atoms with Crippen LogP contribution in [0.15, 0.2) is 0 Å². The van der Waals surface area contributed by atoms with Gasteiger partial charge in [0, 0.05) is 13.1 Å². The predicted molar refractivity (Wildman–Crippen MR) is 40.7 cm³/mol. The van der Waals surface area contributed by atoms with E-state index in [0.717, 1.165) is 0 Å². The van der Waals surface area contributed by atoms with Crippen LogP contribution in [0.1, 0.15) is 0 Å². The Morgan fingerprint density at radius 1 is 1.33 bits per heavy atom. The minimum absolute atomic E-state index is 0.294. The largest absolute Gasteiger partial charge is 0.490 e. The number of alkyl halides is 3. The van der Waals surface area contributed by atoms with Crippen molar-refractivity contribution in [2.45, 2.75) is 11.8 Å². The van der Waals surface area contributed by atoms with Crippen molar-refractivity contribution in [1.82, 2.24) is 5.32 Å². The first-order chi connectivity index (χ1) is 6.59. The Morgan fingerprint density at radius 3 is 1.67 bits per heavy atom. The lowest BCUT2D eigenvalue weighted by molar-refractivity contribution is -0.192. The maximum Gasteiger partial charge on any atom is 0.490 e. The topological polar surface area (TPSA) is 113 Å². The molecular formula is C6H9F3N2O4. The summed E-state index contributed by atoms with van der Waals surface area (Å²) in [6.45, 7) is 0.588. The Bertz CT molecular complexity index is 262. The molecule has 1 saturated heterocycles. The minimum Gasteiger partial charge on any atom is -0.475 e. The van der Waals surface area contributed by atoms with E-state index in [0.29, 0.717) is 13.1 Å². The highest BCUT2D eigenvalue weighted by Gasteiger charge is 2.40. The van der Waals surface area contributed by atoms with Crippen molar-refractivity contribution >= 4 is 11.9 Å². The molecule has 15 heavy (non-hydrogen) atoms. The third-order valence-electron chi connectivity index (χ3n) is 1.54. The number of nitrogens with one attached hydrogen (secondary N) is 1. The molecule has 0 bridgehead atoms. The molecule has 0 saturated carbocycles. The first-order valence-electron chi connectivity index (χ1n) is 3.63. The molecule has 1 amide bonds. The molecule has 1 aliphatic rings. The van der Waals surface area contributed by atoms with Crippen LogP contribution >= 0.6 is 0 Å². The summed E-state index contributed by atoms with van der Waals surface area (Å²) in [6, 6.07) is 0. The van der Waals surface area contributed by atoms with Crippen molar-refractivity contribution in [2.75, 3.05) is 13.1 Å². The van der Waals surface area contributed by atoms with Gasteiger partial charge < -0.3 is 21.3 Å². The van der Waals surface area contributed by atoms with Crippen molar-refractivity contribution in [1.29, 1.82) is 0 Å². The second-order valence-electron chi connectivity index (χ2n) is 2.80. The number of hydrogen-bond donors (Lipinski definition) is 4. The highest BCUT2D eigenvalue weighted by molar-refractivity contribution is 5.84. The number of carbonyl (C=O) groups is 2. The standard InChI is InChI=1S/C4H8N2O2.C2HF3O2/c5-3(7)4(8)1-6-2-4;3-2(4,5)1(6)7/h6,8H,1-2H2,(H2,5,7);(H,6,7). The highest BCUT2D eigenvalue weighted by atomic mass is 19.4. The number of aliphatic hydroxyl groups is 1. The van der Waals surface area contributed by atoms with Gasteiger partial charge in [-0.2, -0.15) is 13.2 Å². The Balaban J connectivity index is 0.000000265. The average molecular weight is 230 g/mol. The number of rotatable bonds is 1. The van der Waals surface area contributed by atoms with Gasteiger partial charge in [-0.25, -0.2) is 4.79 Å². The number of hydrogen-bond acceptors (Lipinski definition) is 4. The van der Waals surface area contributed by atoms with Gasteiger partial charge in [0.15, 0.2) is 5.60 Å². The molecule has 0 aromatic rings. The van der Waals surface area contributed by atoms with Crippen LogP contribution in [0.3, 0.4) is 0 Å². The van der Waals surface area contributed by atoms with Crippen LogP contribution in [-0.2, 0) is 9.59 Å². The van der Waals surface area contributed by atoms with Crippen LogP contribution in [0.4, 0.5) is 13.2 Å². The zero-order valence-corrected chi connectivity index (χ0v) is 7.34. The summed E-state index contributed by atoms with van der Waals surface area (Å²) in [5.74, 6) is -3.40. The van der Waals surface area contributed by atoms with Gasteiger partial charge in [-0.05, 0) is 0 Å². The van der Waals surface area contributed by atoms with Crippen LogP contribution in [0.5, 0.6) is 0 Å². The van der Waals surface area contributed by atoms with E-state index in [1.54, 1.807) is 0 Å². The maximum atomic E-state index is 10.6. The van der Waals surface area contributed by atoms with Gasteiger partial charge in [0.25, 0.3) is 5.91 Å². The van der Waals surface area contributed by atoms with Crippen LogP contribution in [0, 0.1) is 0 Å². The van der Waals surface area contributed by atoms with E-state index in [9.17, 15) is 18.0 Å². The fourth-order valence-electron chi connectivity index (χ4n) is 0.536. The molecule has 1 aliphatic heterocycles. The van der Waals surface area contributed by atoms with Crippen LogP contribution in [0.2, 0.25) is 0 Å². The zero-order valence-electron chi connectivity index (χ0n) is 7.34. The number of aliphatic carboxylic acids is 1. The van der Waals surface area contributed by atoms with Gasteiger partial charge in [0.2, 0.25) is 0 Å². The summed E-state index contributed by atoms with van der Waals surface area (Å²) in [6.07, 6.45) is -5.08. The average Bonchev–Trinajstić information content (AvgIpc) is 1.99. The molecule has 88 valence electrons. The van der Waals surface area contributed by atoms with Crippen molar-refractivity contribution in [3.05, 3.63) is 0 Å². The normalized spacial score (nSPS) is 18.1. The molecule has 1 heterocycles. The Kier molecular flexibility index (Phi) is 4.05. The second-order valence-corrected chi connectivity index (χ2v) is 2.80. The first kappa shape index (κ1) is 13.7. The zero-order chi connectivity index (χ0) is 12.3. The van der Waals surface area contributed by atoms with Gasteiger partial charge in [-0.1, -0.05) is 0 Å². The van der Waals surface area contributed by atoms with Crippen molar-refractivity contribution in [2.24, 2.45) is 5.73 Å². The predicted octanol–water partition coefficient (Wildman–Crippen LogP) is -1.56. The van der Waals surface area contributed by atoms with E-state index in [2.05, 4.69) is 5.32 Å². The molecule has 0 radical (unpaired) electrons. The maximum absolute atomic E-state index is 10.6. The van der Waals surface area contributed by atoms with E-state index < -0.39 is 23.7 Å². The van der Waals surface area contributed by atoms with Crippen molar-refractivity contribution in [3.63, 3.8) is 0 Å². The SMILES string of the molecule is NC(=O)C1(O)CNC1.O=C(O)C(F)(F)F. The summed E-state index contributed by atoms with van der Waals surface area (Å²) in [4.78, 5) is 19.1. The molecule has 9 heteroatoms. The number of amides is 1. The van der Waals surface area contributed by atoms with Crippen LogP contribution < -0.4 is 11.1 Å². The molecule has 0 aromatic carbocycles. The van der Waals surface area contributed by atoms with Gasteiger partial charge >= 0.3 is 12.1 Å². The monoisotopic (exact) mass is 230 g/mol. The van der Waals surface area contributed by atoms with Gasteiger partial charge in [-0.15, -0.1) is 0 Å². The van der Waals surface area contributed by atoms with Gasteiger partial charge in [-0.3, -0.25) is 4.79 Å². The summed E-state index contributed by atoms with van der Waals surface area (Å²) < 4.78 is 31.7. The molecule has 0 unspecified atom stereocenters. The van der Waals surface area contributed by atoms with Crippen molar-refractivity contribution in [3.8, 4) is 0 Å². The van der Waals surface area contributed by atoms with E-state index in [4.69, 9.17) is 20.7 Å². The number of carboxylic acids is 1. The molecular weight excluding hydrogens is 221 g/mol. The molecule has 0 aromatic heterocycles. The summed E-state index contributed by atoms with van der Waals surface area (Å²) in [5.41, 5.74) is 3.55. The summed E-state index contributed by atoms with van der Waals surface area (Å²) >= 11 is 0. The molecule has 5 N–H and O–H groups in total. The van der Waals surface area contributed by atoms with E-state index in [1.165, 1.54) is 0 Å².